The first-order valence-corrected chi connectivity index (χ1v) is 7.93. The van der Waals surface area contributed by atoms with E-state index in [1.165, 1.54) is 5.56 Å². The maximum absolute atomic E-state index is 5.82. The van der Waals surface area contributed by atoms with E-state index < -0.39 is 0 Å². The molecular weight excluding hydrogens is 334 g/mol. The van der Waals surface area contributed by atoms with Crippen molar-refractivity contribution in [2.45, 2.75) is 32.5 Å². The third-order valence-corrected chi connectivity index (χ3v) is 4.22. The van der Waals surface area contributed by atoms with Crippen LogP contribution >= 0.6 is 15.9 Å². The summed E-state index contributed by atoms with van der Waals surface area (Å²) >= 11 is 3.53. The predicted molar refractivity (Wildman–Crippen MR) is 82.9 cm³/mol. The van der Waals surface area contributed by atoms with Crippen LogP contribution < -0.4 is 5.32 Å². The highest BCUT2D eigenvalue weighted by molar-refractivity contribution is 9.10. The molecule has 0 radical (unpaired) electrons. The van der Waals surface area contributed by atoms with Gasteiger partial charge in [-0.2, -0.15) is 4.98 Å². The molecule has 1 aromatic heterocycles. The third kappa shape index (κ3) is 3.70. The van der Waals surface area contributed by atoms with E-state index in [4.69, 9.17) is 9.26 Å². The largest absolute Gasteiger partial charge is 0.368 e. The Labute approximate surface area is 132 Å². The number of piperidine rings is 1. The van der Waals surface area contributed by atoms with Crippen LogP contribution in [0.2, 0.25) is 0 Å². The Balaban J connectivity index is 1.65. The quantitative estimate of drug-likeness (QED) is 0.916. The molecule has 0 atom stereocenters. The summed E-state index contributed by atoms with van der Waals surface area (Å²) in [7, 11) is 0. The molecule has 1 fully saturated rings. The van der Waals surface area contributed by atoms with Gasteiger partial charge in [0.05, 0.1) is 6.10 Å². The maximum Gasteiger partial charge on any atom is 0.252 e. The van der Waals surface area contributed by atoms with Gasteiger partial charge in [0.25, 0.3) is 5.89 Å². The lowest BCUT2D eigenvalue weighted by atomic mass is 10.1. The molecule has 1 aliphatic heterocycles. The molecule has 1 aliphatic rings. The summed E-state index contributed by atoms with van der Waals surface area (Å²) in [6.07, 6.45) is 2.35. The summed E-state index contributed by atoms with van der Waals surface area (Å²) in [5.74, 6) is 1.11. The smallest absolute Gasteiger partial charge is 0.252 e. The number of nitrogens with zero attached hydrogens (tertiary/aromatic N) is 2. The zero-order valence-corrected chi connectivity index (χ0v) is 13.5. The number of hydrogen-bond acceptors (Lipinski definition) is 5. The first-order valence-electron chi connectivity index (χ1n) is 7.14. The minimum absolute atomic E-state index is 0.285. The number of halogens is 1. The van der Waals surface area contributed by atoms with Crippen molar-refractivity contribution in [3.63, 3.8) is 0 Å². The first kappa shape index (κ1) is 14.7. The van der Waals surface area contributed by atoms with Crippen LogP contribution in [0.15, 0.2) is 27.2 Å². The lowest BCUT2D eigenvalue weighted by Crippen LogP contribution is -2.32. The van der Waals surface area contributed by atoms with Gasteiger partial charge in [0.1, 0.15) is 6.61 Å². The van der Waals surface area contributed by atoms with E-state index in [-0.39, 0.29) is 6.10 Å². The molecule has 2 heterocycles. The molecule has 6 heteroatoms. The molecule has 0 saturated carbocycles. The highest BCUT2D eigenvalue weighted by atomic mass is 79.9. The Hall–Kier alpha value is -1.24. The molecule has 21 heavy (non-hydrogen) atoms. The van der Waals surface area contributed by atoms with E-state index in [0.717, 1.165) is 36.0 Å². The molecule has 3 rings (SSSR count). The van der Waals surface area contributed by atoms with Crippen LogP contribution in [0.3, 0.4) is 0 Å². The summed E-state index contributed by atoms with van der Waals surface area (Å²) in [6, 6.07) is 6.06. The van der Waals surface area contributed by atoms with Crippen LogP contribution in [0.5, 0.6) is 0 Å². The van der Waals surface area contributed by atoms with E-state index in [1.54, 1.807) is 0 Å². The summed E-state index contributed by atoms with van der Waals surface area (Å²) in [6.45, 7) is 4.44. The molecule has 0 amide bonds. The third-order valence-electron chi connectivity index (χ3n) is 3.56. The van der Waals surface area contributed by atoms with Gasteiger partial charge >= 0.3 is 0 Å². The number of benzene rings is 1. The summed E-state index contributed by atoms with van der Waals surface area (Å²) in [5.41, 5.74) is 2.11. The number of ether oxygens (including phenoxy) is 1. The van der Waals surface area contributed by atoms with Crippen LogP contribution in [-0.4, -0.2) is 29.3 Å². The SMILES string of the molecule is Cc1ccc(-c2noc(COC3CCNCC3)n2)c(Br)c1. The van der Waals surface area contributed by atoms with E-state index in [2.05, 4.69) is 31.4 Å². The van der Waals surface area contributed by atoms with E-state index >= 15 is 0 Å². The van der Waals surface area contributed by atoms with Gasteiger partial charge in [0.2, 0.25) is 5.82 Å². The highest BCUT2D eigenvalue weighted by Crippen LogP contribution is 2.27. The van der Waals surface area contributed by atoms with Crippen molar-refractivity contribution in [2.75, 3.05) is 13.1 Å². The molecule has 1 saturated heterocycles. The Morgan fingerprint density at radius 2 is 2.19 bits per heavy atom. The van der Waals surface area contributed by atoms with Crippen molar-refractivity contribution in [2.24, 2.45) is 0 Å². The lowest BCUT2D eigenvalue weighted by Gasteiger charge is -2.21. The van der Waals surface area contributed by atoms with E-state index in [1.807, 2.05) is 25.1 Å². The second-order valence-corrected chi connectivity index (χ2v) is 6.11. The van der Waals surface area contributed by atoms with Crippen LogP contribution in [0.4, 0.5) is 0 Å². The van der Waals surface area contributed by atoms with E-state index in [0.29, 0.717) is 18.3 Å². The summed E-state index contributed by atoms with van der Waals surface area (Å²) in [5, 5.41) is 7.34. The van der Waals surface area contributed by atoms with Crippen LogP contribution in [-0.2, 0) is 11.3 Å². The molecule has 0 spiro atoms. The fraction of sp³-hybridized carbons (Fsp3) is 0.467. The second-order valence-electron chi connectivity index (χ2n) is 5.26. The second kappa shape index (κ2) is 6.68. The monoisotopic (exact) mass is 351 g/mol. The van der Waals surface area contributed by atoms with Crippen molar-refractivity contribution in [3.05, 3.63) is 34.1 Å². The van der Waals surface area contributed by atoms with Crippen LogP contribution in [0, 0.1) is 6.92 Å². The van der Waals surface area contributed by atoms with Crippen LogP contribution in [0.1, 0.15) is 24.3 Å². The van der Waals surface area contributed by atoms with Crippen molar-refractivity contribution in [1.29, 1.82) is 0 Å². The number of aromatic nitrogens is 2. The van der Waals surface area contributed by atoms with Crippen molar-refractivity contribution < 1.29 is 9.26 Å². The molecule has 0 unspecified atom stereocenters. The molecular formula is C15H18BrN3O2. The molecule has 0 aliphatic carbocycles. The van der Waals surface area contributed by atoms with Gasteiger partial charge in [-0.15, -0.1) is 0 Å². The Morgan fingerprint density at radius 1 is 1.38 bits per heavy atom. The lowest BCUT2D eigenvalue weighted by molar-refractivity contribution is 0.00859. The average Bonchev–Trinajstić information content (AvgIpc) is 2.95. The zero-order valence-electron chi connectivity index (χ0n) is 11.9. The standard InChI is InChI=1S/C15H18BrN3O2/c1-10-2-3-12(13(16)8-10)15-18-14(21-19-15)9-20-11-4-6-17-7-5-11/h2-3,8,11,17H,4-7,9H2,1H3. The van der Waals surface area contributed by atoms with Crippen molar-refractivity contribution in [3.8, 4) is 11.4 Å². The van der Waals surface area contributed by atoms with Gasteiger partial charge in [0.15, 0.2) is 0 Å². The number of nitrogens with one attached hydrogen (secondary N) is 1. The first-order chi connectivity index (χ1) is 10.2. The minimum atomic E-state index is 0.285. The maximum atomic E-state index is 5.82. The molecule has 0 bridgehead atoms. The molecule has 5 nitrogen and oxygen atoms in total. The van der Waals surface area contributed by atoms with Crippen molar-refractivity contribution in [1.82, 2.24) is 15.5 Å². The van der Waals surface area contributed by atoms with Gasteiger partial charge in [-0.05, 0) is 50.6 Å². The number of aryl methyl sites for hydroxylation is 1. The summed E-state index contributed by atoms with van der Waals surface area (Å²) < 4.78 is 12.1. The minimum Gasteiger partial charge on any atom is -0.368 e. The van der Waals surface area contributed by atoms with Crippen molar-refractivity contribution >= 4 is 15.9 Å². The number of hydrogen-bond donors (Lipinski definition) is 1. The van der Waals surface area contributed by atoms with Gasteiger partial charge in [-0.1, -0.05) is 27.2 Å². The van der Waals surface area contributed by atoms with Crippen LogP contribution in [0.25, 0.3) is 11.4 Å². The Bertz CT molecular complexity index is 609. The summed E-state index contributed by atoms with van der Waals surface area (Å²) in [4.78, 5) is 4.41. The highest BCUT2D eigenvalue weighted by Gasteiger charge is 2.16. The molecule has 1 aromatic carbocycles. The number of rotatable bonds is 4. The molecule has 112 valence electrons. The molecule has 1 N–H and O–H groups in total. The fourth-order valence-corrected chi connectivity index (χ4v) is 3.05. The van der Waals surface area contributed by atoms with Gasteiger partial charge in [0, 0.05) is 10.0 Å². The Kier molecular flexibility index (Phi) is 4.67. The normalized spacial score (nSPS) is 16.3. The zero-order chi connectivity index (χ0) is 14.7. The topological polar surface area (TPSA) is 60.2 Å². The predicted octanol–water partition coefficient (Wildman–Crippen LogP) is 3.08. The Morgan fingerprint density at radius 3 is 2.95 bits per heavy atom. The fourth-order valence-electron chi connectivity index (χ4n) is 2.38. The van der Waals surface area contributed by atoms with Gasteiger partial charge in [-0.25, -0.2) is 0 Å². The molecule has 2 aromatic rings. The van der Waals surface area contributed by atoms with Gasteiger partial charge in [-0.3, -0.25) is 0 Å². The van der Waals surface area contributed by atoms with Gasteiger partial charge < -0.3 is 14.6 Å². The average molecular weight is 352 g/mol. The van der Waals surface area contributed by atoms with E-state index in [9.17, 15) is 0 Å².